The number of piperidine rings is 1. The van der Waals surface area contributed by atoms with Gasteiger partial charge in [0.25, 0.3) is 0 Å². The molecule has 2 aromatic heterocycles. The molecule has 3 heterocycles. The van der Waals surface area contributed by atoms with E-state index in [1.807, 2.05) is 6.20 Å². The van der Waals surface area contributed by atoms with E-state index in [2.05, 4.69) is 30.5 Å². The Morgan fingerprint density at radius 1 is 1.53 bits per heavy atom. The minimum absolute atomic E-state index is 0.211. The first kappa shape index (κ1) is 12.6. The highest BCUT2D eigenvalue weighted by Crippen LogP contribution is 2.23. The molecule has 0 amide bonds. The van der Waals surface area contributed by atoms with Crippen molar-refractivity contribution in [1.82, 2.24) is 24.5 Å². The third-order valence-electron chi connectivity index (χ3n) is 3.58. The summed E-state index contributed by atoms with van der Waals surface area (Å²) < 4.78 is 4.12. The van der Waals surface area contributed by atoms with E-state index in [-0.39, 0.29) is 5.69 Å². The van der Waals surface area contributed by atoms with Crippen molar-refractivity contribution < 1.29 is 0 Å². The Morgan fingerprint density at radius 2 is 2.47 bits per heavy atom. The van der Waals surface area contributed by atoms with Crippen molar-refractivity contribution in [3.05, 3.63) is 33.4 Å². The summed E-state index contributed by atoms with van der Waals surface area (Å²) in [6.45, 7) is 3.15. The largest absolute Gasteiger partial charge is 0.340 e. The number of likely N-dealkylation sites (tertiary alicyclic amines) is 1. The highest BCUT2D eigenvalue weighted by Gasteiger charge is 2.23. The Hall–Kier alpha value is -1.47. The first-order valence-corrected chi connectivity index (χ1v) is 7.35. The van der Waals surface area contributed by atoms with E-state index < -0.39 is 0 Å². The van der Waals surface area contributed by atoms with Crippen LogP contribution < -0.4 is 5.69 Å². The predicted molar refractivity (Wildman–Crippen MR) is 73.4 cm³/mol. The lowest BCUT2D eigenvalue weighted by atomic mass is 9.97. The van der Waals surface area contributed by atoms with Crippen molar-refractivity contribution in [3.63, 3.8) is 0 Å². The third-order valence-corrected chi connectivity index (χ3v) is 4.38. The van der Waals surface area contributed by atoms with Crippen LogP contribution in [0.2, 0.25) is 0 Å². The number of hydrogen-bond donors (Lipinski definition) is 2. The molecule has 2 N–H and O–H groups in total. The molecule has 0 aliphatic carbocycles. The van der Waals surface area contributed by atoms with Crippen molar-refractivity contribution in [1.29, 1.82) is 0 Å². The highest BCUT2D eigenvalue weighted by atomic mass is 32.1. The van der Waals surface area contributed by atoms with Crippen molar-refractivity contribution in [2.75, 3.05) is 19.6 Å². The Balaban J connectivity index is 1.57. The molecule has 1 aliphatic rings. The molecular formula is C12H17N5OS. The summed E-state index contributed by atoms with van der Waals surface area (Å²) in [5.74, 6) is 1.14. The summed E-state index contributed by atoms with van der Waals surface area (Å²) in [6, 6.07) is 2.08. The van der Waals surface area contributed by atoms with Crippen LogP contribution in [0.1, 0.15) is 29.5 Å². The van der Waals surface area contributed by atoms with E-state index in [1.165, 1.54) is 4.88 Å². The van der Waals surface area contributed by atoms with Crippen LogP contribution in [0.4, 0.5) is 0 Å². The molecule has 7 heteroatoms. The Bertz CT molecular complexity index is 561. The molecule has 0 aromatic carbocycles. The average Bonchev–Trinajstić information content (AvgIpc) is 3.08. The fraction of sp³-hybridized carbons (Fsp3) is 0.583. The lowest BCUT2D eigenvalue weighted by Gasteiger charge is -2.31. The molecule has 0 radical (unpaired) electrons. The third kappa shape index (κ3) is 3.10. The van der Waals surface area contributed by atoms with Gasteiger partial charge in [-0.15, -0.1) is 0 Å². The van der Waals surface area contributed by atoms with Gasteiger partial charge in [-0.25, -0.2) is 14.3 Å². The fourth-order valence-electron chi connectivity index (χ4n) is 2.60. The van der Waals surface area contributed by atoms with Crippen LogP contribution in [0.25, 0.3) is 0 Å². The topological polar surface area (TPSA) is 77.7 Å². The molecule has 1 unspecified atom stereocenters. The van der Waals surface area contributed by atoms with Gasteiger partial charge in [0.05, 0.1) is 0 Å². The van der Waals surface area contributed by atoms with Gasteiger partial charge in [-0.3, -0.25) is 4.98 Å². The molecule has 2 aromatic rings. The zero-order valence-electron chi connectivity index (χ0n) is 10.6. The molecular weight excluding hydrogens is 262 g/mol. The van der Waals surface area contributed by atoms with Gasteiger partial charge in [0, 0.05) is 30.1 Å². The van der Waals surface area contributed by atoms with Gasteiger partial charge in [-0.2, -0.15) is 5.10 Å². The van der Waals surface area contributed by atoms with Crippen LogP contribution in [0.3, 0.4) is 0 Å². The minimum Gasteiger partial charge on any atom is -0.302 e. The molecule has 3 rings (SSSR count). The molecule has 0 bridgehead atoms. The van der Waals surface area contributed by atoms with Gasteiger partial charge in [0.2, 0.25) is 0 Å². The van der Waals surface area contributed by atoms with Crippen molar-refractivity contribution >= 4 is 11.5 Å². The van der Waals surface area contributed by atoms with Gasteiger partial charge in [-0.1, -0.05) is 0 Å². The zero-order chi connectivity index (χ0) is 13.1. The summed E-state index contributed by atoms with van der Waals surface area (Å²) in [4.78, 5) is 17.7. The van der Waals surface area contributed by atoms with Crippen LogP contribution in [0.5, 0.6) is 0 Å². The van der Waals surface area contributed by atoms with Crippen LogP contribution in [0, 0.1) is 0 Å². The summed E-state index contributed by atoms with van der Waals surface area (Å²) in [5, 5.41) is 6.51. The second kappa shape index (κ2) is 5.66. The van der Waals surface area contributed by atoms with Crippen LogP contribution >= 0.6 is 11.5 Å². The smallest absolute Gasteiger partial charge is 0.302 e. The quantitative estimate of drug-likeness (QED) is 0.874. The van der Waals surface area contributed by atoms with Gasteiger partial charge in [0.1, 0.15) is 5.82 Å². The Morgan fingerprint density at radius 3 is 3.21 bits per heavy atom. The predicted octanol–water partition coefficient (Wildman–Crippen LogP) is 0.977. The van der Waals surface area contributed by atoms with Gasteiger partial charge >= 0.3 is 5.69 Å². The number of nitrogens with one attached hydrogen (secondary N) is 2. The van der Waals surface area contributed by atoms with Crippen molar-refractivity contribution in [2.24, 2.45) is 0 Å². The molecule has 102 valence electrons. The summed E-state index contributed by atoms with van der Waals surface area (Å²) in [7, 11) is 0. The van der Waals surface area contributed by atoms with E-state index in [0.717, 1.165) is 44.7 Å². The lowest BCUT2D eigenvalue weighted by molar-refractivity contribution is 0.207. The maximum Gasteiger partial charge on any atom is 0.340 e. The molecule has 0 spiro atoms. The minimum atomic E-state index is -0.211. The van der Waals surface area contributed by atoms with E-state index in [9.17, 15) is 4.79 Å². The average molecular weight is 279 g/mol. The molecule has 1 fully saturated rings. The number of aromatic nitrogens is 4. The van der Waals surface area contributed by atoms with E-state index in [1.54, 1.807) is 11.5 Å². The highest BCUT2D eigenvalue weighted by molar-refractivity contribution is 7.05. The van der Waals surface area contributed by atoms with Crippen molar-refractivity contribution in [3.8, 4) is 0 Å². The molecule has 1 saturated heterocycles. The van der Waals surface area contributed by atoms with Crippen LogP contribution in [0.15, 0.2) is 17.1 Å². The second-order valence-electron chi connectivity index (χ2n) is 4.93. The van der Waals surface area contributed by atoms with Crippen LogP contribution in [-0.2, 0) is 6.42 Å². The van der Waals surface area contributed by atoms with E-state index in [4.69, 9.17) is 0 Å². The number of nitrogens with zero attached hydrogens (tertiary/aromatic N) is 3. The molecule has 1 aliphatic heterocycles. The van der Waals surface area contributed by atoms with Gasteiger partial charge in [-0.05, 0) is 43.4 Å². The number of hydrogen-bond acceptors (Lipinski definition) is 5. The van der Waals surface area contributed by atoms with Crippen molar-refractivity contribution in [2.45, 2.75) is 25.2 Å². The number of aromatic amines is 2. The first-order valence-electron chi connectivity index (χ1n) is 6.58. The SMILES string of the molecule is O=c1[nH]nc(C2CCCN(CCc3ccns3)C2)[nH]1. The second-order valence-corrected chi connectivity index (χ2v) is 5.85. The van der Waals surface area contributed by atoms with Gasteiger partial charge in [0.15, 0.2) is 0 Å². The molecule has 0 saturated carbocycles. The number of rotatable bonds is 4. The Kier molecular flexibility index (Phi) is 3.74. The first-order chi connectivity index (χ1) is 9.31. The summed E-state index contributed by atoms with van der Waals surface area (Å²) in [5.41, 5.74) is -0.211. The molecule has 1 atom stereocenters. The summed E-state index contributed by atoms with van der Waals surface area (Å²) in [6.07, 6.45) is 5.15. The summed E-state index contributed by atoms with van der Waals surface area (Å²) >= 11 is 1.57. The Labute approximate surface area is 115 Å². The maximum atomic E-state index is 11.1. The fourth-order valence-corrected chi connectivity index (χ4v) is 3.16. The monoisotopic (exact) mass is 279 g/mol. The van der Waals surface area contributed by atoms with E-state index >= 15 is 0 Å². The van der Waals surface area contributed by atoms with Crippen LogP contribution in [-0.4, -0.2) is 44.1 Å². The molecule has 19 heavy (non-hydrogen) atoms. The standard InChI is InChI=1S/C12H17N5OS/c18-12-14-11(15-16-12)9-2-1-6-17(8-9)7-4-10-3-5-13-19-10/h3,5,9H,1-2,4,6-8H2,(H2,14,15,16,18). The molecule has 6 nitrogen and oxygen atoms in total. The van der Waals surface area contributed by atoms with E-state index in [0.29, 0.717) is 5.92 Å². The maximum absolute atomic E-state index is 11.1. The number of H-pyrrole nitrogens is 2. The van der Waals surface area contributed by atoms with Gasteiger partial charge < -0.3 is 4.90 Å². The zero-order valence-corrected chi connectivity index (χ0v) is 11.4. The lowest BCUT2D eigenvalue weighted by Crippen LogP contribution is -2.36. The normalized spacial score (nSPS) is 20.7.